The second kappa shape index (κ2) is 6.42. The molecular formula is C15H14N2O4. The minimum atomic E-state index is -0.693. The summed E-state index contributed by atoms with van der Waals surface area (Å²) in [5, 5.41) is 2.51. The first-order valence-corrected chi connectivity index (χ1v) is 6.12. The van der Waals surface area contributed by atoms with Gasteiger partial charge in [-0.2, -0.15) is 0 Å². The molecule has 0 saturated carbocycles. The molecule has 0 radical (unpaired) electrons. The number of benzene rings is 2. The van der Waals surface area contributed by atoms with Crippen LogP contribution in [0.15, 0.2) is 48.5 Å². The van der Waals surface area contributed by atoms with Gasteiger partial charge in [0.1, 0.15) is 11.5 Å². The van der Waals surface area contributed by atoms with Crippen LogP contribution in [0.5, 0.6) is 11.5 Å². The average molecular weight is 286 g/mol. The molecule has 0 aromatic heterocycles. The fourth-order valence-corrected chi connectivity index (χ4v) is 1.69. The molecule has 0 atom stereocenters. The quantitative estimate of drug-likeness (QED) is 0.903. The number of amides is 2. The monoisotopic (exact) mass is 286 g/mol. The lowest BCUT2D eigenvalue weighted by atomic mass is 10.2. The summed E-state index contributed by atoms with van der Waals surface area (Å²) >= 11 is 0. The predicted molar refractivity (Wildman–Crippen MR) is 77.6 cm³/mol. The number of carbonyl (C=O) groups is 2. The van der Waals surface area contributed by atoms with Gasteiger partial charge in [-0.05, 0) is 30.3 Å². The van der Waals surface area contributed by atoms with Crippen molar-refractivity contribution < 1.29 is 19.1 Å². The summed E-state index contributed by atoms with van der Waals surface area (Å²) < 4.78 is 10.2. The van der Waals surface area contributed by atoms with E-state index in [2.05, 4.69) is 5.32 Å². The minimum Gasteiger partial charge on any atom is -0.495 e. The van der Waals surface area contributed by atoms with Crippen LogP contribution in [0.2, 0.25) is 0 Å². The first kappa shape index (κ1) is 14.4. The molecule has 0 aliphatic carbocycles. The zero-order chi connectivity index (χ0) is 15.2. The van der Waals surface area contributed by atoms with Crippen molar-refractivity contribution in [1.29, 1.82) is 0 Å². The van der Waals surface area contributed by atoms with Gasteiger partial charge in [0, 0.05) is 5.56 Å². The highest BCUT2D eigenvalue weighted by Crippen LogP contribution is 2.25. The van der Waals surface area contributed by atoms with Crippen LogP contribution in [0, 0.1) is 0 Å². The smallest absolute Gasteiger partial charge is 0.417 e. The number of hydrogen-bond acceptors (Lipinski definition) is 4. The molecule has 0 aliphatic rings. The standard InChI is InChI=1S/C15H14N2O4/c1-20-13-8-7-10(14(16)18)9-12(13)17-15(19)21-11-5-3-2-4-6-11/h2-9H,1H3,(H2,16,18)(H,17,19). The zero-order valence-corrected chi connectivity index (χ0v) is 11.3. The van der Waals surface area contributed by atoms with Gasteiger partial charge in [-0.15, -0.1) is 0 Å². The maximum absolute atomic E-state index is 11.8. The van der Waals surface area contributed by atoms with Gasteiger partial charge in [0.2, 0.25) is 5.91 Å². The minimum absolute atomic E-state index is 0.255. The first-order valence-electron chi connectivity index (χ1n) is 6.12. The van der Waals surface area contributed by atoms with Gasteiger partial charge in [0.25, 0.3) is 0 Å². The fraction of sp³-hybridized carbons (Fsp3) is 0.0667. The molecule has 0 fully saturated rings. The second-order valence-electron chi connectivity index (χ2n) is 4.11. The molecule has 108 valence electrons. The number of nitrogens with one attached hydrogen (secondary N) is 1. The Morgan fingerprint density at radius 3 is 2.43 bits per heavy atom. The summed E-state index contributed by atoms with van der Waals surface area (Å²) in [6.07, 6.45) is -0.693. The Morgan fingerprint density at radius 2 is 1.81 bits per heavy atom. The molecule has 6 heteroatoms. The van der Waals surface area contributed by atoms with E-state index in [1.54, 1.807) is 24.3 Å². The number of para-hydroxylation sites is 1. The molecule has 0 aliphatic heterocycles. The summed E-state index contributed by atoms with van der Waals surface area (Å²) in [7, 11) is 1.45. The van der Waals surface area contributed by atoms with Crippen molar-refractivity contribution in [1.82, 2.24) is 0 Å². The summed E-state index contributed by atoms with van der Waals surface area (Å²) in [6.45, 7) is 0. The van der Waals surface area contributed by atoms with Crippen molar-refractivity contribution in [2.45, 2.75) is 0 Å². The summed E-state index contributed by atoms with van der Waals surface area (Å²) in [5.41, 5.74) is 5.76. The van der Waals surface area contributed by atoms with Crippen molar-refractivity contribution in [3.8, 4) is 11.5 Å². The van der Waals surface area contributed by atoms with E-state index >= 15 is 0 Å². The molecule has 0 saturated heterocycles. The van der Waals surface area contributed by atoms with E-state index in [4.69, 9.17) is 15.2 Å². The maximum Gasteiger partial charge on any atom is 0.417 e. The fourth-order valence-electron chi connectivity index (χ4n) is 1.69. The number of anilines is 1. The van der Waals surface area contributed by atoms with E-state index in [1.807, 2.05) is 6.07 Å². The topological polar surface area (TPSA) is 90.6 Å². The van der Waals surface area contributed by atoms with Gasteiger partial charge in [0.05, 0.1) is 12.8 Å². The highest BCUT2D eigenvalue weighted by atomic mass is 16.6. The molecule has 6 nitrogen and oxygen atoms in total. The van der Waals surface area contributed by atoms with Gasteiger partial charge in [-0.3, -0.25) is 10.1 Å². The van der Waals surface area contributed by atoms with E-state index in [9.17, 15) is 9.59 Å². The number of nitrogens with two attached hydrogens (primary N) is 1. The highest BCUT2D eigenvalue weighted by molar-refractivity contribution is 5.96. The molecule has 21 heavy (non-hydrogen) atoms. The van der Waals surface area contributed by atoms with E-state index in [-0.39, 0.29) is 5.56 Å². The van der Waals surface area contributed by atoms with Gasteiger partial charge in [-0.25, -0.2) is 4.79 Å². The SMILES string of the molecule is COc1ccc(C(N)=O)cc1NC(=O)Oc1ccccc1. The number of primary amides is 1. The summed E-state index contributed by atoms with van der Waals surface area (Å²) in [5.74, 6) is 0.196. The Kier molecular flexibility index (Phi) is 4.40. The third kappa shape index (κ3) is 3.73. The van der Waals surface area contributed by atoms with Crippen LogP contribution < -0.4 is 20.5 Å². The Balaban J connectivity index is 2.16. The highest BCUT2D eigenvalue weighted by Gasteiger charge is 2.12. The van der Waals surface area contributed by atoms with Gasteiger partial charge in [-0.1, -0.05) is 18.2 Å². The van der Waals surface area contributed by atoms with Crippen molar-refractivity contribution in [3.63, 3.8) is 0 Å². The molecule has 2 aromatic rings. The lowest BCUT2D eigenvalue weighted by Crippen LogP contribution is -2.18. The third-order valence-corrected chi connectivity index (χ3v) is 2.67. The van der Waals surface area contributed by atoms with Crippen LogP contribution in [0.1, 0.15) is 10.4 Å². The first-order chi connectivity index (χ1) is 10.1. The van der Waals surface area contributed by atoms with Gasteiger partial charge < -0.3 is 15.2 Å². The molecule has 0 bridgehead atoms. The Hall–Kier alpha value is -3.02. The van der Waals surface area contributed by atoms with Crippen molar-refractivity contribution in [2.75, 3.05) is 12.4 Å². The van der Waals surface area contributed by atoms with E-state index in [0.29, 0.717) is 17.2 Å². The molecule has 0 spiro atoms. The van der Waals surface area contributed by atoms with Crippen LogP contribution in [0.3, 0.4) is 0 Å². The number of carbonyl (C=O) groups excluding carboxylic acids is 2. The lowest BCUT2D eigenvalue weighted by molar-refractivity contribution is 0.1000. The average Bonchev–Trinajstić information content (AvgIpc) is 2.48. The normalized spacial score (nSPS) is 9.76. The second-order valence-corrected chi connectivity index (χ2v) is 4.11. The Morgan fingerprint density at radius 1 is 1.10 bits per heavy atom. The van der Waals surface area contributed by atoms with Crippen LogP contribution in [-0.4, -0.2) is 19.1 Å². The van der Waals surface area contributed by atoms with E-state index in [0.717, 1.165) is 0 Å². The largest absolute Gasteiger partial charge is 0.495 e. The number of ether oxygens (including phenoxy) is 2. The molecule has 3 N–H and O–H groups in total. The maximum atomic E-state index is 11.8. The van der Waals surface area contributed by atoms with Crippen LogP contribution in [-0.2, 0) is 0 Å². The lowest BCUT2D eigenvalue weighted by Gasteiger charge is -2.11. The third-order valence-electron chi connectivity index (χ3n) is 2.67. The summed E-state index contributed by atoms with van der Waals surface area (Å²) in [4.78, 5) is 23.0. The molecule has 0 unspecified atom stereocenters. The van der Waals surface area contributed by atoms with Gasteiger partial charge in [0.15, 0.2) is 0 Å². The number of rotatable bonds is 4. The molecular weight excluding hydrogens is 272 g/mol. The number of methoxy groups -OCH3 is 1. The van der Waals surface area contributed by atoms with Crippen molar-refractivity contribution in [2.24, 2.45) is 5.73 Å². The van der Waals surface area contributed by atoms with E-state index < -0.39 is 12.0 Å². The van der Waals surface area contributed by atoms with Crippen molar-refractivity contribution >= 4 is 17.7 Å². The Bertz CT molecular complexity index is 656. The Labute approximate surface area is 121 Å². The molecule has 2 rings (SSSR count). The van der Waals surface area contributed by atoms with Crippen LogP contribution >= 0.6 is 0 Å². The van der Waals surface area contributed by atoms with E-state index in [1.165, 1.54) is 25.3 Å². The van der Waals surface area contributed by atoms with Crippen LogP contribution in [0.25, 0.3) is 0 Å². The summed E-state index contributed by atoms with van der Waals surface area (Å²) in [6, 6.07) is 13.1. The van der Waals surface area contributed by atoms with Gasteiger partial charge >= 0.3 is 6.09 Å². The predicted octanol–water partition coefficient (Wildman–Crippen LogP) is 2.41. The number of hydrogen-bond donors (Lipinski definition) is 2. The van der Waals surface area contributed by atoms with Crippen molar-refractivity contribution in [3.05, 3.63) is 54.1 Å². The molecule has 2 aromatic carbocycles. The zero-order valence-electron chi connectivity index (χ0n) is 11.3. The molecule has 2 amide bonds. The molecule has 0 heterocycles. The van der Waals surface area contributed by atoms with Crippen LogP contribution in [0.4, 0.5) is 10.5 Å².